The third kappa shape index (κ3) is 3.49. The van der Waals surface area contributed by atoms with E-state index in [0.29, 0.717) is 30.2 Å². The van der Waals surface area contributed by atoms with Crippen LogP contribution in [-0.4, -0.2) is 45.8 Å². The summed E-state index contributed by atoms with van der Waals surface area (Å²) >= 11 is 1.53. The number of carbonyl (C=O) groups is 2. The van der Waals surface area contributed by atoms with Gasteiger partial charge in [-0.25, -0.2) is 0 Å². The molecule has 160 valence electrons. The number of fused-ring (bicyclic) bond motifs is 1. The summed E-state index contributed by atoms with van der Waals surface area (Å²) in [7, 11) is 2.03. The zero-order valence-corrected chi connectivity index (χ0v) is 18.8. The van der Waals surface area contributed by atoms with E-state index in [0.717, 1.165) is 41.9 Å². The Bertz CT molecular complexity index is 1170. The van der Waals surface area contributed by atoms with Crippen molar-refractivity contribution in [2.24, 2.45) is 13.0 Å². The number of benzene rings is 1. The Hall–Kier alpha value is -2.86. The molecule has 5 rings (SSSR count). The predicted molar refractivity (Wildman–Crippen MR) is 125 cm³/mol. The lowest BCUT2D eigenvalue weighted by atomic mass is 9.98. The van der Waals surface area contributed by atoms with E-state index in [1.807, 2.05) is 36.7 Å². The molecule has 1 fully saturated rings. The highest BCUT2D eigenvalue weighted by atomic mass is 32.1. The van der Waals surface area contributed by atoms with Crippen molar-refractivity contribution >= 4 is 39.6 Å². The number of para-hydroxylation sites is 1. The smallest absolute Gasteiger partial charge is 0.277 e. The summed E-state index contributed by atoms with van der Waals surface area (Å²) in [5.74, 6) is 0.376. The average molecular weight is 434 g/mol. The van der Waals surface area contributed by atoms with Crippen molar-refractivity contribution in [3.8, 4) is 0 Å². The molecule has 2 amide bonds. The first-order valence-corrected chi connectivity index (χ1v) is 11.8. The summed E-state index contributed by atoms with van der Waals surface area (Å²) in [4.78, 5) is 31.4. The number of rotatable bonds is 5. The highest BCUT2D eigenvalue weighted by Crippen LogP contribution is 2.36. The zero-order valence-electron chi connectivity index (χ0n) is 18.0. The molecule has 0 atom stereocenters. The van der Waals surface area contributed by atoms with Gasteiger partial charge in [-0.15, -0.1) is 11.3 Å². The molecule has 6 heteroatoms. The lowest BCUT2D eigenvalue weighted by molar-refractivity contribution is -0.137. The van der Waals surface area contributed by atoms with E-state index in [1.165, 1.54) is 21.6 Å². The minimum atomic E-state index is -0.152. The Labute approximate surface area is 186 Å². The Balaban J connectivity index is 1.43. The number of likely N-dealkylation sites (tertiary alicyclic amines) is 1. The van der Waals surface area contributed by atoms with E-state index in [4.69, 9.17) is 0 Å². The molecule has 2 aliphatic heterocycles. The maximum atomic E-state index is 13.5. The van der Waals surface area contributed by atoms with Gasteiger partial charge in [0.25, 0.3) is 11.8 Å². The third-order valence-electron chi connectivity index (χ3n) is 6.60. The van der Waals surface area contributed by atoms with Gasteiger partial charge in [-0.2, -0.15) is 0 Å². The van der Waals surface area contributed by atoms with Crippen molar-refractivity contribution in [3.63, 3.8) is 0 Å². The maximum Gasteiger partial charge on any atom is 0.277 e. The first kappa shape index (κ1) is 20.1. The van der Waals surface area contributed by atoms with Gasteiger partial charge in [0.1, 0.15) is 5.70 Å². The van der Waals surface area contributed by atoms with Gasteiger partial charge in [0, 0.05) is 48.7 Å². The van der Waals surface area contributed by atoms with Gasteiger partial charge in [0.15, 0.2) is 0 Å². The van der Waals surface area contributed by atoms with Gasteiger partial charge in [-0.1, -0.05) is 31.2 Å². The molecule has 0 radical (unpaired) electrons. The van der Waals surface area contributed by atoms with Gasteiger partial charge in [-0.05, 0) is 48.3 Å². The molecule has 0 N–H and O–H groups in total. The predicted octanol–water partition coefficient (Wildman–Crippen LogP) is 4.29. The van der Waals surface area contributed by atoms with E-state index in [1.54, 1.807) is 0 Å². The van der Waals surface area contributed by atoms with Crippen LogP contribution in [0.4, 0.5) is 0 Å². The standard InChI is InChI=1S/C25H27N3O2S/c1-17-9-12-27(13-10-17)23-22(21-8-5-15-31-21)24(29)28(25(23)30)14-11-18-16-26(2)20-7-4-3-6-19(18)20/h3-8,15-17H,9-14H2,1-2H3. The second-order valence-electron chi connectivity index (χ2n) is 8.66. The summed E-state index contributed by atoms with van der Waals surface area (Å²) in [5.41, 5.74) is 3.53. The van der Waals surface area contributed by atoms with Crippen LogP contribution >= 0.6 is 11.3 Å². The van der Waals surface area contributed by atoms with Gasteiger partial charge in [0.05, 0.1) is 5.57 Å². The minimum Gasteiger partial charge on any atom is -0.366 e. The van der Waals surface area contributed by atoms with Crippen molar-refractivity contribution in [3.05, 3.63) is 64.1 Å². The van der Waals surface area contributed by atoms with Crippen LogP contribution < -0.4 is 0 Å². The number of hydrogen-bond donors (Lipinski definition) is 0. The van der Waals surface area contributed by atoms with Gasteiger partial charge in [0.2, 0.25) is 0 Å². The lowest BCUT2D eigenvalue weighted by Gasteiger charge is -2.32. The van der Waals surface area contributed by atoms with Crippen LogP contribution in [0.2, 0.25) is 0 Å². The Morgan fingerprint density at radius 1 is 1.03 bits per heavy atom. The number of hydrogen-bond acceptors (Lipinski definition) is 4. The van der Waals surface area contributed by atoms with Crippen molar-refractivity contribution in [2.75, 3.05) is 19.6 Å². The normalized spacial score (nSPS) is 18.1. The quantitative estimate of drug-likeness (QED) is 0.564. The molecular weight excluding hydrogens is 406 g/mol. The van der Waals surface area contributed by atoms with Crippen LogP contribution in [0.25, 0.3) is 16.5 Å². The number of thiophene rings is 1. The van der Waals surface area contributed by atoms with Gasteiger partial charge < -0.3 is 9.47 Å². The monoisotopic (exact) mass is 433 g/mol. The molecule has 1 saturated heterocycles. The number of amides is 2. The van der Waals surface area contributed by atoms with Crippen molar-refractivity contribution < 1.29 is 9.59 Å². The molecule has 4 heterocycles. The van der Waals surface area contributed by atoms with E-state index in [9.17, 15) is 9.59 Å². The van der Waals surface area contributed by atoms with Crippen molar-refractivity contribution in [1.82, 2.24) is 14.4 Å². The molecule has 1 aromatic carbocycles. The van der Waals surface area contributed by atoms with Crippen LogP contribution in [0.5, 0.6) is 0 Å². The topological polar surface area (TPSA) is 45.6 Å². The number of carbonyl (C=O) groups excluding carboxylic acids is 2. The SMILES string of the molecule is CC1CCN(C2=C(c3cccs3)C(=O)N(CCc3cn(C)c4ccccc34)C2=O)CC1. The van der Waals surface area contributed by atoms with E-state index in [-0.39, 0.29) is 11.8 Å². The van der Waals surface area contributed by atoms with Crippen LogP contribution in [-0.2, 0) is 23.1 Å². The van der Waals surface area contributed by atoms with Crippen LogP contribution in [0.3, 0.4) is 0 Å². The van der Waals surface area contributed by atoms with Gasteiger partial charge >= 0.3 is 0 Å². The molecule has 0 unspecified atom stereocenters. The summed E-state index contributed by atoms with van der Waals surface area (Å²) in [6.45, 7) is 4.32. The van der Waals surface area contributed by atoms with E-state index >= 15 is 0 Å². The molecule has 0 bridgehead atoms. The summed E-state index contributed by atoms with van der Waals surface area (Å²) < 4.78 is 2.11. The molecule has 2 aromatic heterocycles. The maximum absolute atomic E-state index is 13.5. The lowest BCUT2D eigenvalue weighted by Crippen LogP contribution is -2.39. The highest BCUT2D eigenvalue weighted by molar-refractivity contribution is 7.11. The van der Waals surface area contributed by atoms with E-state index < -0.39 is 0 Å². The fourth-order valence-corrected chi connectivity index (χ4v) is 5.55. The van der Waals surface area contributed by atoms with Crippen molar-refractivity contribution in [2.45, 2.75) is 26.2 Å². The molecule has 2 aliphatic rings. The highest BCUT2D eigenvalue weighted by Gasteiger charge is 2.42. The largest absolute Gasteiger partial charge is 0.366 e. The molecule has 0 saturated carbocycles. The van der Waals surface area contributed by atoms with Gasteiger partial charge in [-0.3, -0.25) is 14.5 Å². The number of nitrogens with zero attached hydrogens (tertiary/aromatic N) is 3. The summed E-state index contributed by atoms with van der Waals surface area (Å²) in [6, 6.07) is 12.2. The molecule has 0 spiro atoms. The average Bonchev–Trinajstić information content (AvgIpc) is 3.46. The Kier molecular flexibility index (Phi) is 5.18. The summed E-state index contributed by atoms with van der Waals surface area (Å²) in [5, 5.41) is 3.15. The first-order chi connectivity index (χ1) is 15.0. The molecule has 3 aromatic rings. The second-order valence-corrected chi connectivity index (χ2v) is 9.61. The molecule has 5 nitrogen and oxygen atoms in total. The third-order valence-corrected chi connectivity index (χ3v) is 7.48. The number of imide groups is 1. The van der Waals surface area contributed by atoms with Crippen LogP contribution in [0.1, 0.15) is 30.2 Å². The number of aryl methyl sites for hydroxylation is 1. The van der Waals surface area contributed by atoms with Crippen LogP contribution in [0, 0.1) is 5.92 Å². The molecule has 31 heavy (non-hydrogen) atoms. The molecular formula is C25H27N3O2S. The fourth-order valence-electron chi connectivity index (χ4n) is 4.79. The fraction of sp³-hybridized carbons (Fsp3) is 0.360. The summed E-state index contributed by atoms with van der Waals surface area (Å²) in [6.07, 6.45) is 4.87. The first-order valence-electron chi connectivity index (χ1n) is 11.0. The van der Waals surface area contributed by atoms with Crippen molar-refractivity contribution in [1.29, 1.82) is 0 Å². The minimum absolute atomic E-state index is 0.136. The van der Waals surface area contributed by atoms with Crippen LogP contribution in [0.15, 0.2) is 53.7 Å². The van der Waals surface area contributed by atoms with E-state index in [2.05, 4.69) is 34.7 Å². The zero-order chi connectivity index (χ0) is 21.5. The number of aromatic nitrogens is 1. The Morgan fingerprint density at radius 2 is 1.81 bits per heavy atom. The second kappa shape index (κ2) is 8.00. The Morgan fingerprint density at radius 3 is 2.55 bits per heavy atom. The molecule has 0 aliphatic carbocycles. The number of piperidine rings is 1.